The SMILES string of the molecule is Cc1cncn(C2CCC2)c1=O. The summed E-state index contributed by atoms with van der Waals surface area (Å²) in [7, 11) is 0. The molecule has 0 atom stereocenters. The van der Waals surface area contributed by atoms with Crippen molar-refractivity contribution in [2.45, 2.75) is 32.2 Å². The molecule has 0 saturated heterocycles. The summed E-state index contributed by atoms with van der Waals surface area (Å²) in [5, 5.41) is 0. The first-order valence-electron chi connectivity index (χ1n) is 4.32. The standard InChI is InChI=1S/C9H12N2O/c1-7-5-10-6-11(9(7)12)8-3-2-4-8/h5-6,8H,2-4H2,1H3. The number of nitrogens with zero attached hydrogens (tertiary/aromatic N) is 2. The molecule has 3 heteroatoms. The van der Waals surface area contributed by atoms with E-state index in [2.05, 4.69) is 4.98 Å². The molecule has 0 radical (unpaired) electrons. The van der Waals surface area contributed by atoms with E-state index in [1.54, 1.807) is 17.1 Å². The summed E-state index contributed by atoms with van der Waals surface area (Å²) >= 11 is 0. The molecule has 1 aliphatic carbocycles. The lowest BCUT2D eigenvalue weighted by Crippen LogP contribution is -2.30. The van der Waals surface area contributed by atoms with Crippen molar-refractivity contribution < 1.29 is 0 Å². The fourth-order valence-corrected chi connectivity index (χ4v) is 1.45. The van der Waals surface area contributed by atoms with Crippen LogP contribution in [0.25, 0.3) is 0 Å². The van der Waals surface area contributed by atoms with E-state index in [1.807, 2.05) is 6.92 Å². The number of rotatable bonds is 1. The van der Waals surface area contributed by atoms with Gasteiger partial charge in [0.05, 0.1) is 6.33 Å². The number of hydrogen-bond donors (Lipinski definition) is 0. The van der Waals surface area contributed by atoms with Gasteiger partial charge in [0.2, 0.25) is 0 Å². The maximum absolute atomic E-state index is 11.5. The normalized spacial score (nSPS) is 17.4. The minimum atomic E-state index is 0.120. The van der Waals surface area contributed by atoms with Crippen LogP contribution in [0.5, 0.6) is 0 Å². The molecule has 64 valence electrons. The molecular formula is C9H12N2O. The van der Waals surface area contributed by atoms with Gasteiger partial charge in [-0.2, -0.15) is 0 Å². The van der Waals surface area contributed by atoms with Crippen molar-refractivity contribution in [3.8, 4) is 0 Å². The average molecular weight is 164 g/mol. The maximum Gasteiger partial charge on any atom is 0.256 e. The smallest absolute Gasteiger partial charge is 0.256 e. The second-order valence-electron chi connectivity index (χ2n) is 3.37. The molecule has 0 bridgehead atoms. The molecule has 1 aliphatic rings. The van der Waals surface area contributed by atoms with E-state index in [-0.39, 0.29) is 5.56 Å². The third-order valence-corrected chi connectivity index (χ3v) is 2.50. The predicted molar refractivity (Wildman–Crippen MR) is 46.1 cm³/mol. The molecule has 1 saturated carbocycles. The van der Waals surface area contributed by atoms with Gasteiger partial charge in [0.15, 0.2) is 0 Å². The minimum absolute atomic E-state index is 0.120. The predicted octanol–water partition coefficient (Wildman–Crippen LogP) is 1.28. The Morgan fingerprint density at radius 3 is 2.92 bits per heavy atom. The molecule has 1 aromatic rings. The van der Waals surface area contributed by atoms with Gasteiger partial charge in [-0.25, -0.2) is 4.98 Å². The topological polar surface area (TPSA) is 34.9 Å². The van der Waals surface area contributed by atoms with Gasteiger partial charge in [0, 0.05) is 17.8 Å². The first-order chi connectivity index (χ1) is 5.79. The van der Waals surface area contributed by atoms with E-state index < -0.39 is 0 Å². The molecule has 0 amide bonds. The zero-order chi connectivity index (χ0) is 8.55. The van der Waals surface area contributed by atoms with E-state index in [1.165, 1.54) is 6.42 Å². The van der Waals surface area contributed by atoms with Crippen molar-refractivity contribution in [2.24, 2.45) is 0 Å². The lowest BCUT2D eigenvalue weighted by atomic mass is 9.93. The Bertz CT molecular complexity index is 339. The van der Waals surface area contributed by atoms with Crippen LogP contribution in [-0.2, 0) is 0 Å². The Morgan fingerprint density at radius 2 is 2.33 bits per heavy atom. The van der Waals surface area contributed by atoms with Crippen LogP contribution >= 0.6 is 0 Å². The van der Waals surface area contributed by atoms with E-state index in [0.29, 0.717) is 6.04 Å². The fourth-order valence-electron chi connectivity index (χ4n) is 1.45. The fraction of sp³-hybridized carbons (Fsp3) is 0.556. The summed E-state index contributed by atoms with van der Waals surface area (Å²) in [4.78, 5) is 15.5. The van der Waals surface area contributed by atoms with E-state index >= 15 is 0 Å². The van der Waals surface area contributed by atoms with Crippen molar-refractivity contribution in [1.82, 2.24) is 9.55 Å². The Balaban J connectivity index is 2.43. The highest BCUT2D eigenvalue weighted by Crippen LogP contribution is 2.29. The largest absolute Gasteiger partial charge is 0.296 e. The Morgan fingerprint density at radius 1 is 1.58 bits per heavy atom. The van der Waals surface area contributed by atoms with Gasteiger partial charge >= 0.3 is 0 Å². The van der Waals surface area contributed by atoms with Gasteiger partial charge < -0.3 is 0 Å². The van der Waals surface area contributed by atoms with Gasteiger partial charge in [0.25, 0.3) is 5.56 Å². The van der Waals surface area contributed by atoms with Crippen molar-refractivity contribution in [1.29, 1.82) is 0 Å². The van der Waals surface area contributed by atoms with Crippen molar-refractivity contribution in [3.05, 3.63) is 28.4 Å². The maximum atomic E-state index is 11.5. The molecule has 3 nitrogen and oxygen atoms in total. The zero-order valence-corrected chi connectivity index (χ0v) is 7.16. The number of hydrogen-bond acceptors (Lipinski definition) is 2. The molecule has 0 aliphatic heterocycles. The van der Waals surface area contributed by atoms with Gasteiger partial charge in [0.1, 0.15) is 0 Å². The molecule has 12 heavy (non-hydrogen) atoms. The van der Waals surface area contributed by atoms with Crippen LogP contribution in [-0.4, -0.2) is 9.55 Å². The highest BCUT2D eigenvalue weighted by atomic mass is 16.1. The molecule has 0 N–H and O–H groups in total. The Kier molecular flexibility index (Phi) is 1.71. The van der Waals surface area contributed by atoms with Gasteiger partial charge in [-0.15, -0.1) is 0 Å². The Hall–Kier alpha value is -1.12. The highest BCUT2D eigenvalue weighted by Gasteiger charge is 2.20. The summed E-state index contributed by atoms with van der Waals surface area (Å²) in [6.45, 7) is 1.81. The number of aryl methyl sites for hydroxylation is 1. The quantitative estimate of drug-likeness (QED) is 0.626. The monoisotopic (exact) mass is 164 g/mol. The van der Waals surface area contributed by atoms with Crippen LogP contribution < -0.4 is 5.56 Å². The van der Waals surface area contributed by atoms with E-state index in [4.69, 9.17) is 0 Å². The highest BCUT2D eigenvalue weighted by molar-refractivity contribution is 5.02. The van der Waals surface area contributed by atoms with E-state index in [0.717, 1.165) is 18.4 Å². The summed E-state index contributed by atoms with van der Waals surface area (Å²) in [5.41, 5.74) is 0.860. The second-order valence-corrected chi connectivity index (χ2v) is 3.37. The third kappa shape index (κ3) is 1.05. The Labute approximate surface area is 71.1 Å². The van der Waals surface area contributed by atoms with Gasteiger partial charge in [-0.05, 0) is 26.2 Å². The van der Waals surface area contributed by atoms with Crippen LogP contribution in [0.15, 0.2) is 17.3 Å². The van der Waals surface area contributed by atoms with Crippen molar-refractivity contribution >= 4 is 0 Å². The lowest BCUT2D eigenvalue weighted by Gasteiger charge is -2.27. The average Bonchev–Trinajstić information content (AvgIpc) is 1.95. The number of aromatic nitrogens is 2. The molecule has 0 unspecified atom stereocenters. The molecule has 2 rings (SSSR count). The molecule has 0 aromatic carbocycles. The minimum Gasteiger partial charge on any atom is -0.296 e. The van der Waals surface area contributed by atoms with Crippen LogP contribution in [0, 0.1) is 6.92 Å². The zero-order valence-electron chi connectivity index (χ0n) is 7.16. The first-order valence-corrected chi connectivity index (χ1v) is 4.32. The summed E-state index contributed by atoms with van der Waals surface area (Å²) < 4.78 is 1.76. The van der Waals surface area contributed by atoms with Crippen LogP contribution in [0.1, 0.15) is 30.9 Å². The summed E-state index contributed by atoms with van der Waals surface area (Å²) in [5.74, 6) is 0. The molecule has 0 spiro atoms. The van der Waals surface area contributed by atoms with Crippen LogP contribution in [0.4, 0.5) is 0 Å². The van der Waals surface area contributed by atoms with Crippen molar-refractivity contribution in [3.63, 3.8) is 0 Å². The lowest BCUT2D eigenvalue weighted by molar-refractivity contribution is 0.303. The van der Waals surface area contributed by atoms with E-state index in [9.17, 15) is 4.79 Å². The summed E-state index contributed by atoms with van der Waals surface area (Å²) in [6, 6.07) is 0.421. The first kappa shape index (κ1) is 7.53. The molecular weight excluding hydrogens is 152 g/mol. The molecule has 1 heterocycles. The summed E-state index contributed by atoms with van der Waals surface area (Å²) in [6.07, 6.45) is 6.78. The van der Waals surface area contributed by atoms with Gasteiger partial charge in [-0.3, -0.25) is 9.36 Å². The van der Waals surface area contributed by atoms with Crippen molar-refractivity contribution in [2.75, 3.05) is 0 Å². The second kappa shape index (κ2) is 2.73. The van der Waals surface area contributed by atoms with Crippen LogP contribution in [0.2, 0.25) is 0 Å². The molecule has 1 aromatic heterocycles. The third-order valence-electron chi connectivity index (χ3n) is 2.50. The van der Waals surface area contributed by atoms with Crippen LogP contribution in [0.3, 0.4) is 0 Å². The van der Waals surface area contributed by atoms with Gasteiger partial charge in [-0.1, -0.05) is 0 Å². The molecule has 1 fully saturated rings.